The summed E-state index contributed by atoms with van der Waals surface area (Å²) in [6.07, 6.45) is 0.283. The van der Waals surface area contributed by atoms with E-state index in [4.69, 9.17) is 0 Å². The van der Waals surface area contributed by atoms with Gasteiger partial charge in [-0.3, -0.25) is 9.59 Å². The molecule has 0 spiro atoms. The van der Waals surface area contributed by atoms with E-state index >= 15 is 0 Å². The molecular formula is C17H26N2O2SSi. The van der Waals surface area contributed by atoms with Crippen LogP contribution in [0, 0.1) is 0 Å². The first-order valence-corrected chi connectivity index (χ1v) is 11.4. The molecule has 2 amide bonds. The molecule has 2 rings (SSSR count). The van der Waals surface area contributed by atoms with Crippen LogP contribution >= 0.6 is 12.6 Å². The smallest absolute Gasteiger partial charge is 0.241 e. The zero-order valence-electron chi connectivity index (χ0n) is 14.5. The summed E-state index contributed by atoms with van der Waals surface area (Å²) in [5.41, 5.74) is 0.939. The van der Waals surface area contributed by atoms with Crippen LogP contribution in [0.15, 0.2) is 30.3 Å². The molecule has 1 aliphatic heterocycles. The third-order valence-electron chi connectivity index (χ3n) is 5.03. The van der Waals surface area contributed by atoms with Gasteiger partial charge in [-0.25, -0.2) is 0 Å². The summed E-state index contributed by atoms with van der Waals surface area (Å²) in [6.45, 7) is 10.8. The number of hydrogen-bond donors (Lipinski definition) is 2. The maximum absolute atomic E-state index is 12.6. The lowest BCUT2D eigenvalue weighted by molar-refractivity contribution is -0.142. The molecule has 1 aromatic rings. The highest BCUT2D eigenvalue weighted by molar-refractivity contribution is 7.81. The third-order valence-corrected chi connectivity index (χ3v) is 11.1. The van der Waals surface area contributed by atoms with Crippen LogP contribution in [0.1, 0.15) is 26.3 Å². The molecule has 1 fully saturated rings. The highest BCUT2D eigenvalue weighted by atomic mass is 32.1. The standard InChI is InChI=1S/C17H26N2O2SSi/c1-17(2,3)23(4,5)19-15(21)14(16(19)22)18-13(20)11-12-9-7-6-8-10-12/h6-10,14,16,22H,11H2,1-5H3,(H,18,20)/t14-,16-/m1/s1. The third kappa shape index (κ3) is 3.48. The second kappa shape index (κ2) is 6.32. The van der Waals surface area contributed by atoms with Gasteiger partial charge < -0.3 is 9.88 Å². The molecule has 4 nitrogen and oxygen atoms in total. The second-order valence-corrected chi connectivity index (χ2v) is 13.3. The van der Waals surface area contributed by atoms with E-state index in [0.717, 1.165) is 5.56 Å². The van der Waals surface area contributed by atoms with Crippen molar-refractivity contribution in [1.29, 1.82) is 0 Å². The van der Waals surface area contributed by atoms with Crippen molar-refractivity contribution in [3.63, 3.8) is 0 Å². The maximum atomic E-state index is 12.6. The summed E-state index contributed by atoms with van der Waals surface area (Å²) in [4.78, 5) is 24.7. The van der Waals surface area contributed by atoms with Crippen LogP contribution in [-0.4, -0.2) is 36.0 Å². The number of rotatable bonds is 4. The zero-order chi connectivity index (χ0) is 17.4. The Morgan fingerprint density at radius 1 is 1.26 bits per heavy atom. The molecule has 0 saturated carbocycles. The molecule has 23 heavy (non-hydrogen) atoms. The molecule has 2 atom stereocenters. The molecule has 0 unspecified atom stereocenters. The highest BCUT2D eigenvalue weighted by Crippen LogP contribution is 2.43. The number of carbonyl (C=O) groups excluding carboxylic acids is 2. The van der Waals surface area contributed by atoms with Crippen LogP contribution in [0.3, 0.4) is 0 Å². The topological polar surface area (TPSA) is 49.4 Å². The summed E-state index contributed by atoms with van der Waals surface area (Å²) < 4.78 is 1.91. The van der Waals surface area contributed by atoms with Gasteiger partial charge in [0.1, 0.15) is 6.04 Å². The number of hydrogen-bond acceptors (Lipinski definition) is 3. The van der Waals surface area contributed by atoms with Gasteiger partial charge in [0, 0.05) is 0 Å². The number of nitrogens with one attached hydrogen (secondary N) is 1. The fourth-order valence-corrected chi connectivity index (χ4v) is 5.99. The molecule has 0 bridgehead atoms. The van der Waals surface area contributed by atoms with Gasteiger partial charge in [0.2, 0.25) is 11.8 Å². The van der Waals surface area contributed by atoms with Crippen LogP contribution in [-0.2, 0) is 16.0 Å². The summed E-state index contributed by atoms with van der Waals surface area (Å²) in [5, 5.41) is 2.66. The van der Waals surface area contributed by atoms with Crippen LogP contribution in [0.2, 0.25) is 18.1 Å². The van der Waals surface area contributed by atoms with E-state index in [2.05, 4.69) is 51.8 Å². The Morgan fingerprint density at radius 2 is 1.83 bits per heavy atom. The van der Waals surface area contributed by atoms with Crippen LogP contribution < -0.4 is 5.32 Å². The van der Waals surface area contributed by atoms with Crippen molar-refractivity contribution < 1.29 is 9.59 Å². The predicted molar refractivity (Wildman–Crippen MR) is 98.9 cm³/mol. The molecule has 1 aliphatic rings. The Hall–Kier alpha value is -1.27. The van der Waals surface area contributed by atoms with Gasteiger partial charge in [0.15, 0.2) is 8.24 Å². The Balaban J connectivity index is 1.99. The Morgan fingerprint density at radius 3 is 2.30 bits per heavy atom. The fourth-order valence-electron chi connectivity index (χ4n) is 2.58. The van der Waals surface area contributed by atoms with Crippen LogP contribution in [0.4, 0.5) is 0 Å². The van der Waals surface area contributed by atoms with Crippen molar-refractivity contribution in [2.45, 2.75) is 56.7 Å². The Kier molecular flexibility index (Phi) is 4.96. The normalized spacial score (nSPS) is 21.8. The van der Waals surface area contributed by atoms with Crippen molar-refractivity contribution in [3.8, 4) is 0 Å². The van der Waals surface area contributed by atoms with E-state index in [-0.39, 0.29) is 28.6 Å². The van der Waals surface area contributed by atoms with E-state index in [9.17, 15) is 9.59 Å². The predicted octanol–water partition coefficient (Wildman–Crippen LogP) is 2.82. The summed E-state index contributed by atoms with van der Waals surface area (Å²) >= 11 is 4.59. The lowest BCUT2D eigenvalue weighted by Crippen LogP contribution is -2.77. The number of amides is 2. The molecule has 1 N–H and O–H groups in total. The SMILES string of the molecule is CC(C)(C)[Si](C)(C)N1C(=O)[C@@H](NC(=O)Cc2ccccc2)[C@H]1S. The van der Waals surface area contributed by atoms with Gasteiger partial charge in [-0.05, 0) is 10.6 Å². The zero-order valence-corrected chi connectivity index (χ0v) is 16.4. The van der Waals surface area contributed by atoms with Crippen molar-refractivity contribution in [3.05, 3.63) is 35.9 Å². The molecule has 1 saturated heterocycles. The van der Waals surface area contributed by atoms with E-state index in [1.807, 2.05) is 34.9 Å². The summed E-state index contributed by atoms with van der Waals surface area (Å²) in [7, 11) is -1.96. The molecule has 0 aromatic heterocycles. The van der Waals surface area contributed by atoms with Crippen molar-refractivity contribution in [1.82, 2.24) is 9.88 Å². The van der Waals surface area contributed by atoms with Crippen LogP contribution in [0.5, 0.6) is 0 Å². The van der Waals surface area contributed by atoms with Gasteiger partial charge in [-0.15, -0.1) is 0 Å². The molecular weight excluding hydrogens is 324 g/mol. The summed E-state index contributed by atoms with van der Waals surface area (Å²) in [5.74, 6) is -0.138. The first-order valence-electron chi connectivity index (χ1n) is 7.90. The van der Waals surface area contributed by atoms with Gasteiger partial charge >= 0.3 is 0 Å². The van der Waals surface area contributed by atoms with E-state index < -0.39 is 14.3 Å². The molecule has 0 aliphatic carbocycles. The molecule has 1 heterocycles. The average Bonchev–Trinajstić information content (AvgIpc) is 2.44. The summed E-state index contributed by atoms with van der Waals surface area (Å²) in [6, 6.07) is 9.02. The minimum absolute atomic E-state index is 0.00185. The van der Waals surface area contributed by atoms with Gasteiger partial charge in [0.05, 0.1) is 11.8 Å². The first-order chi connectivity index (χ1) is 10.6. The average molecular weight is 351 g/mol. The highest BCUT2D eigenvalue weighted by Gasteiger charge is 2.56. The Labute approximate surface area is 145 Å². The lowest BCUT2D eigenvalue weighted by atomic mass is 10.1. The maximum Gasteiger partial charge on any atom is 0.241 e. The van der Waals surface area contributed by atoms with E-state index in [1.54, 1.807) is 0 Å². The largest absolute Gasteiger partial charge is 0.354 e. The second-order valence-electron chi connectivity index (χ2n) is 7.64. The van der Waals surface area contributed by atoms with Crippen molar-refractivity contribution in [2.75, 3.05) is 0 Å². The van der Waals surface area contributed by atoms with Crippen LogP contribution in [0.25, 0.3) is 0 Å². The number of thiol groups is 1. The van der Waals surface area contributed by atoms with Crippen molar-refractivity contribution >= 4 is 32.7 Å². The van der Waals surface area contributed by atoms with E-state index in [0.29, 0.717) is 0 Å². The van der Waals surface area contributed by atoms with Crippen molar-refractivity contribution in [2.24, 2.45) is 0 Å². The lowest BCUT2D eigenvalue weighted by Gasteiger charge is -2.56. The molecule has 6 heteroatoms. The van der Waals surface area contributed by atoms with Gasteiger partial charge in [-0.1, -0.05) is 64.2 Å². The quantitative estimate of drug-likeness (QED) is 0.498. The minimum atomic E-state index is -1.96. The number of benzene rings is 1. The monoisotopic (exact) mass is 350 g/mol. The van der Waals surface area contributed by atoms with Gasteiger partial charge in [-0.2, -0.15) is 12.6 Å². The minimum Gasteiger partial charge on any atom is -0.354 e. The number of β-lactam (4-membered cyclic amide) rings is 1. The molecule has 1 aromatic carbocycles. The van der Waals surface area contributed by atoms with E-state index in [1.165, 1.54) is 0 Å². The number of carbonyl (C=O) groups is 2. The number of nitrogens with zero attached hydrogens (tertiary/aromatic N) is 1. The van der Waals surface area contributed by atoms with Gasteiger partial charge in [0.25, 0.3) is 0 Å². The molecule has 0 radical (unpaired) electrons. The fraction of sp³-hybridized carbons (Fsp3) is 0.529. The Bertz CT molecular complexity index is 598. The first kappa shape index (κ1) is 18.1. The molecule has 126 valence electrons.